The normalized spacial score (nSPS) is 23.6. The van der Waals surface area contributed by atoms with E-state index in [-0.39, 0.29) is 0 Å². The molecule has 1 aromatic rings. The van der Waals surface area contributed by atoms with E-state index in [1.165, 1.54) is 25.7 Å². The molecule has 4 nitrogen and oxygen atoms in total. The summed E-state index contributed by atoms with van der Waals surface area (Å²) in [4.78, 5) is 4.56. The molecule has 0 bridgehead atoms. The van der Waals surface area contributed by atoms with Crippen LogP contribution in [-0.2, 0) is 6.54 Å². The second kappa shape index (κ2) is 7.98. The zero-order chi connectivity index (χ0) is 14.2. The fourth-order valence-electron chi connectivity index (χ4n) is 2.89. The van der Waals surface area contributed by atoms with Crippen LogP contribution in [0.5, 0.6) is 0 Å². The Hall–Kier alpha value is -1.45. The number of aliphatic imine (C=N–C) groups is 1. The highest BCUT2D eigenvalue weighted by molar-refractivity contribution is 5.79. The number of rotatable bonds is 5. The third-order valence-electron chi connectivity index (χ3n) is 3.92. The lowest BCUT2D eigenvalue weighted by atomic mass is 9.82. The van der Waals surface area contributed by atoms with E-state index >= 15 is 0 Å². The van der Waals surface area contributed by atoms with Gasteiger partial charge < -0.3 is 15.1 Å². The molecule has 2 rings (SSSR count). The van der Waals surface area contributed by atoms with E-state index in [0.29, 0.717) is 6.54 Å². The summed E-state index contributed by atoms with van der Waals surface area (Å²) >= 11 is 0. The number of hydrogen-bond acceptors (Lipinski definition) is 2. The summed E-state index contributed by atoms with van der Waals surface area (Å²) in [5.41, 5.74) is 0. The van der Waals surface area contributed by atoms with Crippen LogP contribution in [0, 0.1) is 11.8 Å². The van der Waals surface area contributed by atoms with Crippen molar-refractivity contribution in [1.29, 1.82) is 0 Å². The molecule has 112 valence electrons. The fraction of sp³-hybridized carbons (Fsp3) is 0.688. The third-order valence-corrected chi connectivity index (χ3v) is 3.92. The SMILES string of the molecule is CCNC(=NCc1ccco1)NCC1CCCC(C)C1. The van der Waals surface area contributed by atoms with Crippen molar-refractivity contribution in [2.24, 2.45) is 16.8 Å². The molecular weight excluding hydrogens is 250 g/mol. The average molecular weight is 277 g/mol. The van der Waals surface area contributed by atoms with Crippen molar-refractivity contribution in [3.63, 3.8) is 0 Å². The highest BCUT2D eigenvalue weighted by atomic mass is 16.3. The minimum Gasteiger partial charge on any atom is -0.467 e. The van der Waals surface area contributed by atoms with Crippen LogP contribution in [0.2, 0.25) is 0 Å². The van der Waals surface area contributed by atoms with E-state index < -0.39 is 0 Å². The van der Waals surface area contributed by atoms with Crippen LogP contribution in [0.3, 0.4) is 0 Å². The molecule has 1 aromatic heterocycles. The van der Waals surface area contributed by atoms with Gasteiger partial charge in [-0.15, -0.1) is 0 Å². The van der Waals surface area contributed by atoms with Crippen molar-refractivity contribution in [2.75, 3.05) is 13.1 Å². The molecule has 0 spiro atoms. The smallest absolute Gasteiger partial charge is 0.191 e. The van der Waals surface area contributed by atoms with Crippen molar-refractivity contribution in [3.8, 4) is 0 Å². The van der Waals surface area contributed by atoms with Crippen LogP contribution in [0.25, 0.3) is 0 Å². The fourth-order valence-corrected chi connectivity index (χ4v) is 2.89. The lowest BCUT2D eigenvalue weighted by Crippen LogP contribution is -2.40. The van der Waals surface area contributed by atoms with Crippen molar-refractivity contribution in [3.05, 3.63) is 24.2 Å². The Morgan fingerprint density at radius 2 is 2.30 bits per heavy atom. The topological polar surface area (TPSA) is 49.6 Å². The van der Waals surface area contributed by atoms with Crippen molar-refractivity contribution < 1.29 is 4.42 Å². The zero-order valence-electron chi connectivity index (χ0n) is 12.7. The summed E-state index contributed by atoms with van der Waals surface area (Å²) in [5.74, 6) is 3.44. The van der Waals surface area contributed by atoms with E-state index in [1.807, 2.05) is 12.1 Å². The van der Waals surface area contributed by atoms with E-state index in [2.05, 4.69) is 29.5 Å². The van der Waals surface area contributed by atoms with Crippen LogP contribution in [0.15, 0.2) is 27.8 Å². The minimum absolute atomic E-state index is 0.587. The molecule has 1 aliphatic carbocycles. The van der Waals surface area contributed by atoms with Crippen LogP contribution in [0.1, 0.15) is 45.3 Å². The molecule has 2 atom stereocenters. The van der Waals surface area contributed by atoms with Gasteiger partial charge in [0.15, 0.2) is 5.96 Å². The Bertz CT molecular complexity index is 400. The van der Waals surface area contributed by atoms with Gasteiger partial charge in [-0.2, -0.15) is 0 Å². The van der Waals surface area contributed by atoms with Gasteiger partial charge in [0, 0.05) is 13.1 Å². The Morgan fingerprint density at radius 1 is 1.40 bits per heavy atom. The highest BCUT2D eigenvalue weighted by Crippen LogP contribution is 2.27. The first-order valence-electron chi connectivity index (χ1n) is 7.82. The van der Waals surface area contributed by atoms with Gasteiger partial charge in [-0.25, -0.2) is 4.99 Å². The van der Waals surface area contributed by atoms with Crippen molar-refractivity contribution >= 4 is 5.96 Å². The maximum atomic E-state index is 5.31. The molecule has 1 heterocycles. The molecule has 1 saturated carbocycles. The number of hydrogen-bond donors (Lipinski definition) is 2. The maximum absolute atomic E-state index is 5.31. The summed E-state index contributed by atoms with van der Waals surface area (Å²) in [5, 5.41) is 6.76. The molecule has 0 amide bonds. The van der Waals surface area contributed by atoms with Gasteiger partial charge in [0.25, 0.3) is 0 Å². The quantitative estimate of drug-likeness (QED) is 0.642. The van der Waals surface area contributed by atoms with Crippen LogP contribution >= 0.6 is 0 Å². The van der Waals surface area contributed by atoms with Gasteiger partial charge >= 0.3 is 0 Å². The summed E-state index contributed by atoms with van der Waals surface area (Å²) < 4.78 is 5.31. The third kappa shape index (κ3) is 4.91. The molecule has 1 fully saturated rings. The van der Waals surface area contributed by atoms with Crippen LogP contribution < -0.4 is 10.6 Å². The number of furan rings is 1. The van der Waals surface area contributed by atoms with E-state index in [1.54, 1.807) is 6.26 Å². The summed E-state index contributed by atoms with van der Waals surface area (Å²) in [6.07, 6.45) is 7.13. The second-order valence-corrected chi connectivity index (χ2v) is 5.79. The molecular formula is C16H27N3O. The van der Waals surface area contributed by atoms with Gasteiger partial charge in [0.1, 0.15) is 12.3 Å². The largest absolute Gasteiger partial charge is 0.467 e. The van der Waals surface area contributed by atoms with E-state index in [9.17, 15) is 0 Å². The van der Waals surface area contributed by atoms with E-state index in [4.69, 9.17) is 4.42 Å². The second-order valence-electron chi connectivity index (χ2n) is 5.79. The zero-order valence-corrected chi connectivity index (χ0v) is 12.7. The lowest BCUT2D eigenvalue weighted by Gasteiger charge is -2.27. The first-order valence-corrected chi connectivity index (χ1v) is 7.82. The predicted octanol–water partition coefficient (Wildman–Crippen LogP) is 3.16. The van der Waals surface area contributed by atoms with Crippen molar-refractivity contribution in [1.82, 2.24) is 10.6 Å². The number of nitrogens with zero attached hydrogens (tertiary/aromatic N) is 1. The molecule has 0 aromatic carbocycles. The molecule has 1 aliphatic rings. The monoisotopic (exact) mass is 277 g/mol. The predicted molar refractivity (Wildman–Crippen MR) is 82.6 cm³/mol. The van der Waals surface area contributed by atoms with Crippen LogP contribution in [-0.4, -0.2) is 19.0 Å². The molecule has 0 aliphatic heterocycles. The molecule has 2 unspecified atom stereocenters. The molecule has 0 saturated heterocycles. The minimum atomic E-state index is 0.587. The van der Waals surface area contributed by atoms with Gasteiger partial charge in [-0.05, 0) is 43.7 Å². The molecule has 0 radical (unpaired) electrons. The maximum Gasteiger partial charge on any atom is 0.191 e. The molecule has 20 heavy (non-hydrogen) atoms. The first-order chi connectivity index (χ1) is 9.78. The average Bonchev–Trinajstić information content (AvgIpc) is 2.95. The summed E-state index contributed by atoms with van der Waals surface area (Å²) in [6.45, 7) is 6.94. The molecule has 2 N–H and O–H groups in total. The van der Waals surface area contributed by atoms with Gasteiger partial charge in [0.2, 0.25) is 0 Å². The van der Waals surface area contributed by atoms with Crippen molar-refractivity contribution in [2.45, 2.75) is 46.1 Å². The van der Waals surface area contributed by atoms with Gasteiger partial charge in [-0.3, -0.25) is 0 Å². The highest BCUT2D eigenvalue weighted by Gasteiger charge is 2.18. The Labute approximate surface area is 122 Å². The summed E-state index contributed by atoms with van der Waals surface area (Å²) in [6, 6.07) is 3.85. The molecule has 4 heteroatoms. The Morgan fingerprint density at radius 3 is 3.00 bits per heavy atom. The standard InChI is InChI=1S/C16H27N3O/c1-3-17-16(19-12-15-8-5-9-20-15)18-11-14-7-4-6-13(2)10-14/h5,8-9,13-14H,3-4,6-7,10-12H2,1-2H3,(H2,17,18,19). The Kier molecular flexibility index (Phi) is 5.96. The number of guanidine groups is 1. The Balaban J connectivity index is 1.80. The van der Waals surface area contributed by atoms with Crippen LogP contribution in [0.4, 0.5) is 0 Å². The van der Waals surface area contributed by atoms with Gasteiger partial charge in [0.05, 0.1) is 6.26 Å². The van der Waals surface area contributed by atoms with E-state index in [0.717, 1.165) is 36.6 Å². The van der Waals surface area contributed by atoms with Gasteiger partial charge in [-0.1, -0.05) is 19.8 Å². The summed E-state index contributed by atoms with van der Waals surface area (Å²) in [7, 11) is 0. The first kappa shape index (κ1) is 14.9. The lowest BCUT2D eigenvalue weighted by molar-refractivity contribution is 0.282. The number of nitrogens with one attached hydrogen (secondary N) is 2.